The second-order valence-corrected chi connectivity index (χ2v) is 4.64. The molecule has 0 aliphatic heterocycles. The molecule has 0 aliphatic carbocycles. The molecule has 0 radical (unpaired) electrons. The summed E-state index contributed by atoms with van der Waals surface area (Å²) in [5.41, 5.74) is 2.39. The van der Waals surface area contributed by atoms with E-state index in [2.05, 4.69) is 15.8 Å². The van der Waals surface area contributed by atoms with Crippen LogP contribution in [0.3, 0.4) is 0 Å². The highest BCUT2D eigenvalue weighted by atomic mass is 16.5. The Morgan fingerprint density at radius 1 is 1.25 bits per heavy atom. The van der Waals surface area contributed by atoms with Crippen LogP contribution in [-0.2, 0) is 16.0 Å². The van der Waals surface area contributed by atoms with Crippen LogP contribution >= 0.6 is 0 Å². The van der Waals surface area contributed by atoms with E-state index < -0.39 is 0 Å². The lowest BCUT2D eigenvalue weighted by Gasteiger charge is -2.04. The predicted molar refractivity (Wildman–Crippen MR) is 74.1 cm³/mol. The van der Waals surface area contributed by atoms with E-state index in [0.29, 0.717) is 24.4 Å². The standard InChI is InChI=1S/C14H17N3O3/c1-9-3-4-13-11(7-9)12(17-20-13)8-14(19)16-6-5-15-10(2)18/h3-4,7H,5-6,8H2,1-2H3,(H,15,18)(H,16,19). The number of hydrogen-bond acceptors (Lipinski definition) is 4. The van der Waals surface area contributed by atoms with Crippen molar-refractivity contribution in [3.63, 3.8) is 0 Å². The molecular formula is C14H17N3O3. The summed E-state index contributed by atoms with van der Waals surface area (Å²) in [6.45, 7) is 4.22. The Labute approximate surface area is 116 Å². The van der Waals surface area contributed by atoms with E-state index in [9.17, 15) is 9.59 Å². The Hall–Kier alpha value is -2.37. The van der Waals surface area contributed by atoms with Gasteiger partial charge in [-0.3, -0.25) is 9.59 Å². The van der Waals surface area contributed by atoms with E-state index >= 15 is 0 Å². The Bertz CT molecular complexity index is 634. The van der Waals surface area contributed by atoms with Gasteiger partial charge < -0.3 is 15.2 Å². The molecule has 20 heavy (non-hydrogen) atoms. The third kappa shape index (κ3) is 3.57. The zero-order valence-electron chi connectivity index (χ0n) is 11.5. The third-order valence-electron chi connectivity index (χ3n) is 2.85. The Morgan fingerprint density at radius 2 is 2.00 bits per heavy atom. The lowest BCUT2D eigenvalue weighted by molar-refractivity contribution is -0.121. The Kier molecular flexibility index (Phi) is 4.34. The van der Waals surface area contributed by atoms with Crippen LogP contribution in [0.5, 0.6) is 0 Å². The quantitative estimate of drug-likeness (QED) is 0.795. The van der Waals surface area contributed by atoms with E-state index in [1.54, 1.807) is 0 Å². The molecule has 0 unspecified atom stereocenters. The summed E-state index contributed by atoms with van der Waals surface area (Å²) in [6, 6.07) is 5.73. The van der Waals surface area contributed by atoms with Gasteiger partial charge in [0.2, 0.25) is 11.8 Å². The molecular weight excluding hydrogens is 258 g/mol. The number of nitrogens with zero attached hydrogens (tertiary/aromatic N) is 1. The number of carbonyl (C=O) groups is 2. The fourth-order valence-electron chi connectivity index (χ4n) is 1.88. The van der Waals surface area contributed by atoms with E-state index in [-0.39, 0.29) is 18.2 Å². The summed E-state index contributed by atoms with van der Waals surface area (Å²) >= 11 is 0. The molecule has 0 spiro atoms. The highest BCUT2D eigenvalue weighted by molar-refractivity contribution is 5.86. The van der Waals surface area contributed by atoms with Crippen LogP contribution in [0, 0.1) is 6.92 Å². The number of benzene rings is 1. The molecule has 0 fully saturated rings. The van der Waals surface area contributed by atoms with Gasteiger partial charge in [-0.2, -0.15) is 0 Å². The maximum absolute atomic E-state index is 11.8. The van der Waals surface area contributed by atoms with Gasteiger partial charge in [0.25, 0.3) is 0 Å². The van der Waals surface area contributed by atoms with Crippen LogP contribution in [0.15, 0.2) is 22.7 Å². The summed E-state index contributed by atoms with van der Waals surface area (Å²) in [5, 5.41) is 10.1. The average Bonchev–Trinajstić information content (AvgIpc) is 2.77. The number of fused-ring (bicyclic) bond motifs is 1. The van der Waals surface area contributed by atoms with Crippen LogP contribution < -0.4 is 10.6 Å². The predicted octanol–water partition coefficient (Wildman–Crippen LogP) is 0.931. The second kappa shape index (κ2) is 6.18. The summed E-state index contributed by atoms with van der Waals surface area (Å²) in [6.07, 6.45) is 0.163. The first kappa shape index (κ1) is 14.0. The number of carbonyl (C=O) groups excluding carboxylic acids is 2. The number of hydrogen-bond donors (Lipinski definition) is 2. The number of amides is 2. The molecule has 0 atom stereocenters. The number of aromatic nitrogens is 1. The van der Waals surface area contributed by atoms with Crippen LogP contribution in [0.1, 0.15) is 18.2 Å². The lowest BCUT2D eigenvalue weighted by Crippen LogP contribution is -2.34. The molecule has 1 aromatic carbocycles. The van der Waals surface area contributed by atoms with Crippen molar-refractivity contribution in [3.05, 3.63) is 29.5 Å². The van der Waals surface area contributed by atoms with Crippen molar-refractivity contribution < 1.29 is 14.1 Å². The molecule has 2 amide bonds. The summed E-state index contributed by atoms with van der Waals surface area (Å²) in [4.78, 5) is 22.5. The fourth-order valence-corrected chi connectivity index (χ4v) is 1.88. The van der Waals surface area contributed by atoms with Gasteiger partial charge in [-0.15, -0.1) is 0 Å². The molecule has 2 N–H and O–H groups in total. The van der Waals surface area contributed by atoms with Crippen molar-refractivity contribution in [3.8, 4) is 0 Å². The molecule has 0 saturated heterocycles. The maximum atomic E-state index is 11.8. The minimum Gasteiger partial charge on any atom is -0.356 e. The maximum Gasteiger partial charge on any atom is 0.226 e. The summed E-state index contributed by atoms with van der Waals surface area (Å²) < 4.78 is 5.18. The zero-order chi connectivity index (χ0) is 14.5. The van der Waals surface area contributed by atoms with Gasteiger partial charge in [0.15, 0.2) is 5.58 Å². The fraction of sp³-hybridized carbons (Fsp3) is 0.357. The van der Waals surface area contributed by atoms with Crippen molar-refractivity contribution in [1.82, 2.24) is 15.8 Å². The van der Waals surface area contributed by atoms with E-state index in [1.165, 1.54) is 6.92 Å². The lowest BCUT2D eigenvalue weighted by atomic mass is 10.1. The summed E-state index contributed by atoms with van der Waals surface area (Å²) in [7, 11) is 0. The molecule has 0 aliphatic rings. The minimum atomic E-state index is -0.146. The van der Waals surface area contributed by atoms with Crippen molar-refractivity contribution in [2.75, 3.05) is 13.1 Å². The van der Waals surface area contributed by atoms with Gasteiger partial charge in [0, 0.05) is 25.4 Å². The van der Waals surface area contributed by atoms with Crippen molar-refractivity contribution in [2.24, 2.45) is 0 Å². The first-order valence-electron chi connectivity index (χ1n) is 6.42. The summed E-state index contributed by atoms with van der Waals surface area (Å²) in [5.74, 6) is -0.260. The second-order valence-electron chi connectivity index (χ2n) is 4.64. The molecule has 6 nitrogen and oxygen atoms in total. The first-order valence-corrected chi connectivity index (χ1v) is 6.42. The van der Waals surface area contributed by atoms with Gasteiger partial charge >= 0.3 is 0 Å². The normalized spacial score (nSPS) is 10.5. The van der Waals surface area contributed by atoms with E-state index in [0.717, 1.165) is 10.9 Å². The molecule has 1 aromatic heterocycles. The highest BCUT2D eigenvalue weighted by Crippen LogP contribution is 2.20. The van der Waals surface area contributed by atoms with Crippen LogP contribution in [0.4, 0.5) is 0 Å². The van der Waals surface area contributed by atoms with Crippen LogP contribution in [0.2, 0.25) is 0 Å². The van der Waals surface area contributed by atoms with Gasteiger partial charge in [-0.05, 0) is 19.1 Å². The number of aryl methyl sites for hydroxylation is 1. The van der Waals surface area contributed by atoms with Crippen molar-refractivity contribution >= 4 is 22.8 Å². The topological polar surface area (TPSA) is 84.2 Å². The average molecular weight is 275 g/mol. The third-order valence-corrected chi connectivity index (χ3v) is 2.85. The molecule has 106 valence electrons. The first-order chi connectivity index (χ1) is 9.56. The highest BCUT2D eigenvalue weighted by Gasteiger charge is 2.12. The molecule has 2 rings (SSSR count). The Morgan fingerprint density at radius 3 is 2.75 bits per heavy atom. The van der Waals surface area contributed by atoms with E-state index in [4.69, 9.17) is 4.52 Å². The van der Waals surface area contributed by atoms with Gasteiger partial charge in [0.1, 0.15) is 5.69 Å². The minimum absolute atomic E-state index is 0.114. The molecule has 6 heteroatoms. The SMILES string of the molecule is CC(=O)NCCNC(=O)Cc1noc2ccc(C)cc12. The molecule has 0 bridgehead atoms. The van der Waals surface area contributed by atoms with Crippen molar-refractivity contribution in [2.45, 2.75) is 20.3 Å². The van der Waals surface area contributed by atoms with Crippen LogP contribution in [-0.4, -0.2) is 30.1 Å². The van der Waals surface area contributed by atoms with Gasteiger partial charge in [-0.1, -0.05) is 16.8 Å². The van der Waals surface area contributed by atoms with Gasteiger partial charge in [-0.25, -0.2) is 0 Å². The Balaban J connectivity index is 1.93. The van der Waals surface area contributed by atoms with Crippen LogP contribution in [0.25, 0.3) is 11.0 Å². The number of nitrogens with one attached hydrogen (secondary N) is 2. The number of rotatable bonds is 5. The molecule has 0 saturated carbocycles. The molecule has 2 aromatic rings. The van der Waals surface area contributed by atoms with Gasteiger partial charge in [0.05, 0.1) is 6.42 Å². The molecule has 1 heterocycles. The monoisotopic (exact) mass is 275 g/mol. The van der Waals surface area contributed by atoms with E-state index in [1.807, 2.05) is 25.1 Å². The van der Waals surface area contributed by atoms with Crippen molar-refractivity contribution in [1.29, 1.82) is 0 Å². The smallest absolute Gasteiger partial charge is 0.226 e. The largest absolute Gasteiger partial charge is 0.356 e. The zero-order valence-corrected chi connectivity index (χ0v) is 11.5.